The number of likely N-dealkylation sites (N-methyl/N-ethyl adjacent to an activating group) is 1. The monoisotopic (exact) mass is 255 g/mol. The molecule has 18 heavy (non-hydrogen) atoms. The Kier molecular flexibility index (Phi) is 4.06. The lowest BCUT2D eigenvalue weighted by Gasteiger charge is -2.38. The highest BCUT2D eigenvalue weighted by Gasteiger charge is 2.31. The average Bonchev–Trinajstić information content (AvgIpc) is 2.39. The summed E-state index contributed by atoms with van der Waals surface area (Å²) in [5.74, 6) is -1.18. The van der Waals surface area contributed by atoms with E-state index in [-0.39, 0.29) is 6.03 Å². The van der Waals surface area contributed by atoms with Crippen molar-refractivity contribution in [3.63, 3.8) is 0 Å². The van der Waals surface area contributed by atoms with Crippen molar-refractivity contribution in [3.8, 4) is 0 Å². The second-order valence-electron chi connectivity index (χ2n) is 5.20. The van der Waals surface area contributed by atoms with Crippen LogP contribution in [-0.4, -0.2) is 78.1 Å². The highest BCUT2D eigenvalue weighted by molar-refractivity contribution is 5.76. The van der Waals surface area contributed by atoms with E-state index >= 15 is 0 Å². The van der Waals surface area contributed by atoms with Crippen molar-refractivity contribution in [2.75, 3.05) is 46.3 Å². The molecule has 6 nitrogen and oxygen atoms in total. The van der Waals surface area contributed by atoms with Gasteiger partial charge in [-0.15, -0.1) is 0 Å². The molecule has 6 heteroatoms. The fourth-order valence-corrected chi connectivity index (χ4v) is 2.55. The zero-order chi connectivity index (χ0) is 13.1. The molecule has 0 radical (unpaired) electrons. The van der Waals surface area contributed by atoms with E-state index in [4.69, 9.17) is 5.11 Å². The Labute approximate surface area is 107 Å². The Morgan fingerprint density at radius 3 is 2.33 bits per heavy atom. The number of carboxylic acid groups (broad SMARTS) is 1. The van der Waals surface area contributed by atoms with Crippen molar-refractivity contribution in [1.82, 2.24) is 14.7 Å². The van der Waals surface area contributed by atoms with Crippen molar-refractivity contribution in [1.29, 1.82) is 0 Å². The van der Waals surface area contributed by atoms with Gasteiger partial charge in [0, 0.05) is 39.3 Å². The number of carbonyl (C=O) groups is 2. The van der Waals surface area contributed by atoms with Crippen LogP contribution in [0.5, 0.6) is 0 Å². The van der Waals surface area contributed by atoms with Crippen molar-refractivity contribution < 1.29 is 14.7 Å². The van der Waals surface area contributed by atoms with Gasteiger partial charge in [0.1, 0.15) is 0 Å². The molecule has 102 valence electrons. The molecule has 2 aliphatic rings. The molecular weight excluding hydrogens is 234 g/mol. The molecule has 0 aromatic heterocycles. The molecule has 0 aliphatic carbocycles. The molecule has 0 bridgehead atoms. The normalized spacial score (nSPS) is 26.2. The van der Waals surface area contributed by atoms with E-state index < -0.39 is 11.9 Å². The summed E-state index contributed by atoms with van der Waals surface area (Å²) in [6.45, 7) is 4.31. The van der Waals surface area contributed by atoms with Crippen LogP contribution in [0.3, 0.4) is 0 Å². The topological polar surface area (TPSA) is 64.1 Å². The van der Waals surface area contributed by atoms with Crippen LogP contribution in [0.1, 0.15) is 12.8 Å². The average molecular weight is 255 g/mol. The van der Waals surface area contributed by atoms with Crippen LogP contribution in [0.25, 0.3) is 0 Å². The maximum absolute atomic E-state index is 12.3. The number of nitrogens with zero attached hydrogens (tertiary/aromatic N) is 3. The fraction of sp³-hybridized carbons (Fsp3) is 0.833. The van der Waals surface area contributed by atoms with Crippen LogP contribution in [0.4, 0.5) is 4.79 Å². The van der Waals surface area contributed by atoms with Crippen molar-refractivity contribution in [2.24, 2.45) is 5.92 Å². The van der Waals surface area contributed by atoms with Gasteiger partial charge in [0.25, 0.3) is 0 Å². The predicted octanol–water partition coefficient (Wildman–Crippen LogP) is 0.150. The zero-order valence-corrected chi connectivity index (χ0v) is 10.8. The number of hydrogen-bond acceptors (Lipinski definition) is 3. The van der Waals surface area contributed by atoms with Gasteiger partial charge < -0.3 is 19.8 Å². The van der Waals surface area contributed by atoms with Gasteiger partial charge in [-0.05, 0) is 19.9 Å². The van der Waals surface area contributed by atoms with Gasteiger partial charge in [-0.2, -0.15) is 0 Å². The lowest BCUT2D eigenvalue weighted by Crippen LogP contribution is -2.54. The molecule has 1 atom stereocenters. The molecule has 2 amide bonds. The van der Waals surface area contributed by atoms with Gasteiger partial charge in [0.15, 0.2) is 0 Å². The second kappa shape index (κ2) is 5.56. The largest absolute Gasteiger partial charge is 0.481 e. The summed E-state index contributed by atoms with van der Waals surface area (Å²) in [6, 6.07) is 0.00838. The molecule has 2 saturated heterocycles. The molecule has 0 aromatic carbocycles. The van der Waals surface area contributed by atoms with E-state index in [9.17, 15) is 9.59 Å². The highest BCUT2D eigenvalue weighted by Crippen LogP contribution is 2.18. The third-order valence-electron chi connectivity index (χ3n) is 3.81. The van der Waals surface area contributed by atoms with Crippen LogP contribution in [0.2, 0.25) is 0 Å². The number of piperidine rings is 1. The van der Waals surface area contributed by atoms with Gasteiger partial charge in [-0.25, -0.2) is 4.79 Å². The van der Waals surface area contributed by atoms with Gasteiger partial charge in [-0.3, -0.25) is 4.79 Å². The number of rotatable bonds is 1. The number of hydrogen-bond donors (Lipinski definition) is 1. The summed E-state index contributed by atoms with van der Waals surface area (Å²) in [5.41, 5.74) is 0. The Hall–Kier alpha value is -1.30. The Balaban J connectivity index is 1.90. The first-order valence-corrected chi connectivity index (χ1v) is 6.53. The number of carboxylic acids is 1. The molecule has 0 aromatic rings. The maximum atomic E-state index is 12.3. The van der Waals surface area contributed by atoms with Crippen LogP contribution < -0.4 is 0 Å². The molecule has 1 N–H and O–H groups in total. The number of urea groups is 1. The number of piperazine rings is 1. The molecule has 0 unspecified atom stereocenters. The minimum Gasteiger partial charge on any atom is -0.481 e. The summed E-state index contributed by atoms with van der Waals surface area (Å²) < 4.78 is 0. The Morgan fingerprint density at radius 1 is 1.06 bits per heavy atom. The number of aliphatic carboxylic acids is 1. The summed E-state index contributed by atoms with van der Waals surface area (Å²) in [5, 5.41) is 9.02. The predicted molar refractivity (Wildman–Crippen MR) is 66.4 cm³/mol. The number of carbonyl (C=O) groups excluding carboxylic acids is 1. The third-order valence-corrected chi connectivity index (χ3v) is 3.81. The second-order valence-corrected chi connectivity index (χ2v) is 5.20. The van der Waals surface area contributed by atoms with Crippen LogP contribution in [0.15, 0.2) is 0 Å². The first-order chi connectivity index (χ1) is 8.58. The minimum atomic E-state index is -0.786. The first-order valence-electron chi connectivity index (χ1n) is 6.53. The Bertz CT molecular complexity index is 327. The number of likely N-dealkylation sites (tertiary alicyclic amines) is 1. The third kappa shape index (κ3) is 2.93. The molecular formula is C12H21N3O3. The van der Waals surface area contributed by atoms with E-state index in [1.807, 2.05) is 11.9 Å². The summed E-state index contributed by atoms with van der Waals surface area (Å²) in [7, 11) is 2.04. The van der Waals surface area contributed by atoms with E-state index in [1.54, 1.807) is 4.90 Å². The first kappa shape index (κ1) is 13.1. The van der Waals surface area contributed by atoms with Crippen LogP contribution in [0, 0.1) is 5.92 Å². The summed E-state index contributed by atoms with van der Waals surface area (Å²) >= 11 is 0. The lowest BCUT2D eigenvalue weighted by molar-refractivity contribution is -0.143. The molecule has 0 saturated carbocycles. The fourth-order valence-electron chi connectivity index (χ4n) is 2.55. The lowest BCUT2D eigenvalue weighted by atomic mass is 9.98. The SMILES string of the molecule is CN1CCN(C(=O)N2CCC[C@@H](C(=O)O)C2)CC1. The van der Waals surface area contributed by atoms with Crippen molar-refractivity contribution in [2.45, 2.75) is 12.8 Å². The quantitative estimate of drug-likeness (QED) is 0.724. The smallest absolute Gasteiger partial charge is 0.320 e. The zero-order valence-electron chi connectivity index (χ0n) is 10.8. The highest BCUT2D eigenvalue weighted by atomic mass is 16.4. The van der Waals surface area contributed by atoms with E-state index in [1.165, 1.54) is 0 Å². The maximum Gasteiger partial charge on any atom is 0.320 e. The van der Waals surface area contributed by atoms with Gasteiger partial charge in [0.05, 0.1) is 5.92 Å². The van der Waals surface area contributed by atoms with E-state index in [2.05, 4.69) is 4.90 Å². The van der Waals surface area contributed by atoms with E-state index in [0.29, 0.717) is 19.5 Å². The minimum absolute atomic E-state index is 0.00838. The molecule has 0 spiro atoms. The molecule has 2 fully saturated rings. The van der Waals surface area contributed by atoms with Crippen molar-refractivity contribution >= 4 is 12.0 Å². The number of amides is 2. The van der Waals surface area contributed by atoms with Crippen LogP contribution in [-0.2, 0) is 4.79 Å². The molecule has 2 heterocycles. The van der Waals surface area contributed by atoms with E-state index in [0.717, 1.165) is 32.6 Å². The van der Waals surface area contributed by atoms with Gasteiger partial charge >= 0.3 is 12.0 Å². The van der Waals surface area contributed by atoms with Crippen LogP contribution >= 0.6 is 0 Å². The van der Waals surface area contributed by atoms with Crippen molar-refractivity contribution in [3.05, 3.63) is 0 Å². The standard InChI is InChI=1S/C12H21N3O3/c1-13-5-7-14(8-6-13)12(18)15-4-2-3-10(9-15)11(16)17/h10H,2-9H2,1H3,(H,16,17)/t10-/m1/s1. The Morgan fingerprint density at radius 2 is 1.72 bits per heavy atom. The van der Waals surface area contributed by atoms with Gasteiger partial charge in [-0.1, -0.05) is 0 Å². The summed E-state index contributed by atoms with van der Waals surface area (Å²) in [4.78, 5) is 29.0. The van der Waals surface area contributed by atoms with Gasteiger partial charge in [0.2, 0.25) is 0 Å². The molecule has 2 aliphatic heterocycles. The molecule has 2 rings (SSSR count). The summed E-state index contributed by atoms with van der Waals surface area (Å²) in [6.07, 6.45) is 1.47.